The minimum Gasteiger partial charge on any atom is -0.457 e. The maximum atomic E-state index is 13.3. The summed E-state index contributed by atoms with van der Waals surface area (Å²) < 4.78 is 6.84. The summed E-state index contributed by atoms with van der Waals surface area (Å²) in [5.41, 5.74) is 1.08. The molecule has 2 saturated heterocycles. The highest BCUT2D eigenvalue weighted by molar-refractivity contribution is 9.10. The zero-order valence-corrected chi connectivity index (χ0v) is 21.2. The highest BCUT2D eigenvalue weighted by Gasteiger charge is 2.56. The van der Waals surface area contributed by atoms with E-state index in [1.54, 1.807) is 24.3 Å². The van der Waals surface area contributed by atoms with E-state index < -0.39 is 23.4 Å². The Morgan fingerprint density at radius 1 is 0.750 bits per heavy atom. The predicted octanol–water partition coefficient (Wildman–Crippen LogP) is 3.93. The SMILES string of the molecule is Cc1ccc(N2CCN(C3(c4ccc(Oc5ccc(Br)cc5)cc4)C(=O)NC(=O)NC3=O)CC2)cc1. The normalized spacial score (nSPS) is 17.9. The van der Waals surface area contributed by atoms with Gasteiger partial charge in [0.1, 0.15) is 11.5 Å². The molecule has 0 aliphatic carbocycles. The predicted molar refractivity (Wildman–Crippen MR) is 139 cm³/mol. The Kier molecular flexibility index (Phi) is 6.51. The highest BCUT2D eigenvalue weighted by Crippen LogP contribution is 2.35. The number of barbiturate groups is 1. The number of benzene rings is 3. The maximum Gasteiger partial charge on any atom is 0.328 e. The van der Waals surface area contributed by atoms with Gasteiger partial charge in [0.2, 0.25) is 5.54 Å². The fourth-order valence-corrected chi connectivity index (χ4v) is 4.98. The van der Waals surface area contributed by atoms with Crippen LogP contribution in [0.5, 0.6) is 11.5 Å². The zero-order chi connectivity index (χ0) is 25.3. The van der Waals surface area contributed by atoms with E-state index >= 15 is 0 Å². The molecule has 9 heteroatoms. The number of nitrogens with zero attached hydrogens (tertiary/aromatic N) is 2. The monoisotopic (exact) mass is 548 g/mol. The van der Waals surface area contributed by atoms with Crippen LogP contribution in [-0.4, -0.2) is 48.9 Å². The van der Waals surface area contributed by atoms with Crippen molar-refractivity contribution in [3.63, 3.8) is 0 Å². The molecule has 2 fully saturated rings. The summed E-state index contributed by atoms with van der Waals surface area (Å²) in [7, 11) is 0. The molecule has 2 aliphatic heterocycles. The average Bonchev–Trinajstić information content (AvgIpc) is 2.87. The number of carbonyl (C=O) groups is 3. The van der Waals surface area contributed by atoms with Gasteiger partial charge >= 0.3 is 6.03 Å². The topological polar surface area (TPSA) is 91.0 Å². The van der Waals surface area contributed by atoms with Crippen LogP contribution in [0.1, 0.15) is 11.1 Å². The number of anilines is 1. The summed E-state index contributed by atoms with van der Waals surface area (Å²) in [6, 6.07) is 21.7. The van der Waals surface area contributed by atoms with Crippen molar-refractivity contribution in [2.45, 2.75) is 12.5 Å². The van der Waals surface area contributed by atoms with E-state index in [2.05, 4.69) is 55.7 Å². The van der Waals surface area contributed by atoms with Gasteiger partial charge in [0.05, 0.1) is 0 Å². The lowest BCUT2D eigenvalue weighted by Crippen LogP contribution is -2.73. The molecule has 2 heterocycles. The van der Waals surface area contributed by atoms with Crippen molar-refractivity contribution in [2.75, 3.05) is 31.1 Å². The summed E-state index contributed by atoms with van der Waals surface area (Å²) in [4.78, 5) is 42.7. The molecule has 0 spiro atoms. The van der Waals surface area contributed by atoms with Crippen LogP contribution >= 0.6 is 15.9 Å². The van der Waals surface area contributed by atoms with E-state index in [4.69, 9.17) is 4.74 Å². The number of halogens is 1. The summed E-state index contributed by atoms with van der Waals surface area (Å²) in [6.07, 6.45) is 0. The fraction of sp³-hybridized carbons (Fsp3) is 0.222. The van der Waals surface area contributed by atoms with Crippen LogP contribution in [0.25, 0.3) is 0 Å². The summed E-state index contributed by atoms with van der Waals surface area (Å²) in [6.45, 7) is 4.22. The van der Waals surface area contributed by atoms with Crippen LogP contribution in [0, 0.1) is 6.92 Å². The quantitative estimate of drug-likeness (QED) is 0.469. The number of carbonyl (C=O) groups excluding carboxylic acids is 3. The largest absolute Gasteiger partial charge is 0.457 e. The Morgan fingerprint density at radius 3 is 1.83 bits per heavy atom. The third-order valence-corrected chi connectivity index (χ3v) is 7.11. The molecule has 2 aliphatic rings. The van der Waals surface area contributed by atoms with Gasteiger partial charge in [-0.05, 0) is 61.0 Å². The lowest BCUT2D eigenvalue weighted by atomic mass is 9.84. The molecule has 0 saturated carbocycles. The van der Waals surface area contributed by atoms with Gasteiger partial charge in [-0.2, -0.15) is 0 Å². The number of aryl methyl sites for hydroxylation is 1. The number of imide groups is 2. The van der Waals surface area contributed by atoms with Crippen LogP contribution < -0.4 is 20.3 Å². The van der Waals surface area contributed by atoms with E-state index in [0.29, 0.717) is 43.2 Å². The molecule has 36 heavy (non-hydrogen) atoms. The molecule has 0 bridgehead atoms. The molecule has 4 amide bonds. The van der Waals surface area contributed by atoms with Gasteiger partial charge in [-0.3, -0.25) is 25.1 Å². The third-order valence-electron chi connectivity index (χ3n) is 6.59. The van der Waals surface area contributed by atoms with E-state index in [0.717, 1.165) is 10.2 Å². The van der Waals surface area contributed by atoms with Crippen LogP contribution in [0.2, 0.25) is 0 Å². The van der Waals surface area contributed by atoms with E-state index in [9.17, 15) is 14.4 Å². The first-order chi connectivity index (χ1) is 17.4. The molecule has 5 rings (SSSR count). The van der Waals surface area contributed by atoms with Crippen molar-refractivity contribution >= 4 is 39.5 Å². The van der Waals surface area contributed by atoms with Crippen molar-refractivity contribution in [1.82, 2.24) is 15.5 Å². The van der Waals surface area contributed by atoms with Gasteiger partial charge in [-0.1, -0.05) is 45.8 Å². The molecule has 0 unspecified atom stereocenters. The van der Waals surface area contributed by atoms with Gasteiger partial charge in [0, 0.05) is 36.3 Å². The Balaban J connectivity index is 1.42. The standard InChI is InChI=1S/C27H25BrN4O4/c1-18-2-8-21(9-3-18)31-14-16-32(17-15-31)27(24(33)29-26(35)30-25(27)34)19-4-10-22(11-5-19)36-23-12-6-20(28)7-13-23/h2-13H,14-17H2,1H3,(H2,29,30,33,34,35). The third kappa shape index (κ3) is 4.47. The van der Waals surface area contributed by atoms with Gasteiger partial charge in [-0.15, -0.1) is 0 Å². The first-order valence-corrected chi connectivity index (χ1v) is 12.4. The molecule has 8 nitrogen and oxygen atoms in total. The van der Waals surface area contributed by atoms with Gasteiger partial charge in [0.15, 0.2) is 0 Å². The molecule has 184 valence electrons. The van der Waals surface area contributed by atoms with Crippen molar-refractivity contribution in [2.24, 2.45) is 0 Å². The molecule has 2 N–H and O–H groups in total. The number of hydrogen-bond acceptors (Lipinski definition) is 6. The smallest absolute Gasteiger partial charge is 0.328 e. The Morgan fingerprint density at radius 2 is 1.28 bits per heavy atom. The molecular weight excluding hydrogens is 524 g/mol. The lowest BCUT2D eigenvalue weighted by Gasteiger charge is -2.47. The number of urea groups is 1. The minimum absolute atomic E-state index is 0.458. The average molecular weight is 549 g/mol. The lowest BCUT2D eigenvalue weighted by molar-refractivity contribution is -0.149. The zero-order valence-electron chi connectivity index (χ0n) is 19.7. The summed E-state index contributed by atoms with van der Waals surface area (Å²) >= 11 is 3.40. The molecule has 0 radical (unpaired) electrons. The Bertz CT molecular complexity index is 1260. The second-order valence-corrected chi connectivity index (χ2v) is 9.75. The molecule has 0 aromatic heterocycles. The van der Waals surface area contributed by atoms with Crippen molar-refractivity contribution in [1.29, 1.82) is 0 Å². The minimum atomic E-state index is -1.66. The fourth-order valence-electron chi connectivity index (χ4n) is 4.71. The van der Waals surface area contributed by atoms with Gasteiger partial charge in [0.25, 0.3) is 11.8 Å². The number of ether oxygens (including phenoxy) is 1. The molecule has 3 aromatic carbocycles. The van der Waals surface area contributed by atoms with Crippen LogP contribution in [0.4, 0.5) is 10.5 Å². The Hall–Kier alpha value is -3.69. The number of hydrogen-bond donors (Lipinski definition) is 2. The first kappa shape index (κ1) is 24.0. The van der Waals surface area contributed by atoms with Crippen LogP contribution in [0.15, 0.2) is 77.3 Å². The number of piperazine rings is 1. The molecule has 3 aromatic rings. The van der Waals surface area contributed by atoms with Gasteiger partial charge in [-0.25, -0.2) is 4.79 Å². The van der Waals surface area contributed by atoms with Crippen LogP contribution in [0.3, 0.4) is 0 Å². The van der Waals surface area contributed by atoms with Crippen LogP contribution in [-0.2, 0) is 15.1 Å². The van der Waals surface area contributed by atoms with E-state index in [1.807, 2.05) is 36.1 Å². The second kappa shape index (κ2) is 9.75. The summed E-state index contributed by atoms with van der Waals surface area (Å²) in [5.74, 6) is -0.0806. The first-order valence-electron chi connectivity index (χ1n) is 11.6. The van der Waals surface area contributed by atoms with Crippen molar-refractivity contribution < 1.29 is 19.1 Å². The highest BCUT2D eigenvalue weighted by atomic mass is 79.9. The molecule has 0 atom stereocenters. The molecular formula is C27H25BrN4O4. The number of rotatable bonds is 5. The number of nitrogens with one attached hydrogen (secondary N) is 2. The second-order valence-electron chi connectivity index (χ2n) is 8.84. The maximum absolute atomic E-state index is 13.3. The van der Waals surface area contributed by atoms with Gasteiger partial charge < -0.3 is 9.64 Å². The van der Waals surface area contributed by atoms with Crippen molar-refractivity contribution in [3.8, 4) is 11.5 Å². The number of amides is 4. The summed E-state index contributed by atoms with van der Waals surface area (Å²) in [5, 5.41) is 4.61. The Labute approximate surface area is 217 Å². The van der Waals surface area contributed by atoms with Crippen molar-refractivity contribution in [3.05, 3.63) is 88.4 Å². The van der Waals surface area contributed by atoms with E-state index in [-0.39, 0.29) is 0 Å². The van der Waals surface area contributed by atoms with E-state index in [1.165, 1.54) is 5.56 Å².